The van der Waals surface area contributed by atoms with Crippen molar-refractivity contribution in [1.82, 2.24) is 25.5 Å². The Balaban J connectivity index is 1.23. The molecule has 2 aromatic carbocycles. The average Bonchev–Trinajstić information content (AvgIpc) is 3.76. The molecule has 1 aliphatic heterocycles. The number of thiazole rings is 1. The van der Waals surface area contributed by atoms with Gasteiger partial charge < -0.3 is 40.2 Å². The van der Waals surface area contributed by atoms with Gasteiger partial charge in [0.2, 0.25) is 23.5 Å². The zero-order chi connectivity index (χ0) is 37.4. The average molecular weight is 729 g/mol. The van der Waals surface area contributed by atoms with Crippen LogP contribution in [0.2, 0.25) is 0 Å². The van der Waals surface area contributed by atoms with Crippen molar-refractivity contribution in [3.63, 3.8) is 0 Å². The highest BCUT2D eigenvalue weighted by Gasteiger charge is 2.42. The van der Waals surface area contributed by atoms with E-state index in [1.54, 1.807) is 47.9 Å². The fourth-order valence-electron chi connectivity index (χ4n) is 5.97. The second-order valence-corrected chi connectivity index (χ2v) is 13.5. The van der Waals surface area contributed by atoms with Crippen LogP contribution in [-0.4, -0.2) is 83.8 Å². The van der Waals surface area contributed by atoms with Gasteiger partial charge in [0.1, 0.15) is 17.9 Å². The number of aryl methyl sites for hydroxylation is 1. The number of pyridine rings is 1. The van der Waals surface area contributed by atoms with Crippen LogP contribution in [0.25, 0.3) is 16.5 Å². The summed E-state index contributed by atoms with van der Waals surface area (Å²) >= 11 is 1.57. The van der Waals surface area contributed by atoms with Crippen molar-refractivity contribution < 1.29 is 33.7 Å². The Hall–Kier alpha value is -5.47. The van der Waals surface area contributed by atoms with Crippen molar-refractivity contribution in [3.8, 4) is 27.7 Å². The first-order chi connectivity index (χ1) is 25.0. The van der Waals surface area contributed by atoms with Crippen molar-refractivity contribution in [2.45, 2.75) is 51.9 Å². The Labute approximate surface area is 307 Å². The van der Waals surface area contributed by atoms with Gasteiger partial charge in [0.25, 0.3) is 0 Å². The number of β-amino-alcohol motifs (C(OH)–C–C–N with tert-alkyl or cyclic N) is 1. The van der Waals surface area contributed by atoms with E-state index in [0.717, 1.165) is 21.7 Å². The van der Waals surface area contributed by atoms with E-state index in [1.165, 1.54) is 32.3 Å². The molecule has 0 radical (unpaired) electrons. The van der Waals surface area contributed by atoms with Gasteiger partial charge in [-0.05, 0) is 42.2 Å². The standard InChI is InChI=1S/C38H44N6O7S/c1-22(2)33(43-32(46)14-13-26-8-7-15-39-36(26)42-27-16-30(49-4)34(51-6)31(17-27)50-5)38(48)44-20-28(45)18-29(44)37(47)40-19-24-9-11-25(12-10-24)35-23(3)41-21-52-35/h7-17,21-22,28-29,33,45H,18-20H2,1-6H3,(H,39,42)(H,40,47)(H,43,46)/b14-13+/t28-,29-,33-/m0/s1. The number of hydrogen-bond donors (Lipinski definition) is 4. The minimum atomic E-state index is -0.939. The number of methoxy groups -OCH3 is 3. The molecule has 52 heavy (non-hydrogen) atoms. The maximum atomic E-state index is 13.9. The number of ether oxygens (including phenoxy) is 3. The van der Waals surface area contributed by atoms with Crippen LogP contribution in [0.3, 0.4) is 0 Å². The molecule has 14 heteroatoms. The van der Waals surface area contributed by atoms with Gasteiger partial charge in [-0.3, -0.25) is 14.4 Å². The molecule has 2 aromatic heterocycles. The van der Waals surface area contributed by atoms with E-state index >= 15 is 0 Å². The van der Waals surface area contributed by atoms with Gasteiger partial charge in [-0.1, -0.05) is 38.1 Å². The lowest BCUT2D eigenvalue weighted by atomic mass is 10.0. The summed E-state index contributed by atoms with van der Waals surface area (Å²) in [6.45, 7) is 5.83. The summed E-state index contributed by atoms with van der Waals surface area (Å²) < 4.78 is 16.3. The zero-order valence-electron chi connectivity index (χ0n) is 30.0. The quantitative estimate of drug-likeness (QED) is 0.134. The number of benzene rings is 2. The zero-order valence-corrected chi connectivity index (χ0v) is 30.8. The lowest BCUT2D eigenvalue weighted by molar-refractivity contribution is -0.142. The highest BCUT2D eigenvalue weighted by atomic mass is 32.1. The van der Waals surface area contributed by atoms with E-state index in [4.69, 9.17) is 14.2 Å². The first-order valence-corrected chi connectivity index (χ1v) is 17.7. The molecule has 4 N–H and O–H groups in total. The van der Waals surface area contributed by atoms with Crippen molar-refractivity contribution in [2.24, 2.45) is 5.92 Å². The fourth-order valence-corrected chi connectivity index (χ4v) is 6.78. The number of rotatable bonds is 14. The lowest BCUT2D eigenvalue weighted by Crippen LogP contribution is -2.55. The molecule has 0 unspecified atom stereocenters. The molecule has 13 nitrogen and oxygen atoms in total. The third-order valence-corrected chi connectivity index (χ3v) is 9.68. The largest absolute Gasteiger partial charge is 0.493 e. The first kappa shape index (κ1) is 37.8. The van der Waals surface area contributed by atoms with Gasteiger partial charge in [0.15, 0.2) is 11.5 Å². The molecule has 3 heterocycles. The minimum Gasteiger partial charge on any atom is -0.493 e. The maximum absolute atomic E-state index is 13.9. The highest BCUT2D eigenvalue weighted by molar-refractivity contribution is 7.13. The van der Waals surface area contributed by atoms with Crippen molar-refractivity contribution in [1.29, 1.82) is 0 Å². The molecule has 5 rings (SSSR count). The van der Waals surface area contributed by atoms with Crippen LogP contribution < -0.4 is 30.2 Å². The summed E-state index contributed by atoms with van der Waals surface area (Å²) in [4.78, 5) is 51.6. The fraction of sp³-hybridized carbons (Fsp3) is 0.342. The predicted octanol–water partition coefficient (Wildman–Crippen LogP) is 4.72. The van der Waals surface area contributed by atoms with E-state index < -0.39 is 30.0 Å². The molecular weight excluding hydrogens is 685 g/mol. The lowest BCUT2D eigenvalue weighted by Gasteiger charge is -2.30. The number of aliphatic hydroxyl groups excluding tert-OH is 1. The summed E-state index contributed by atoms with van der Waals surface area (Å²) in [6.07, 6.45) is 3.76. The normalized spacial score (nSPS) is 16.1. The molecular formula is C38H44N6O7S. The summed E-state index contributed by atoms with van der Waals surface area (Å²) in [5.41, 5.74) is 5.94. The molecule has 0 saturated carbocycles. The van der Waals surface area contributed by atoms with E-state index in [9.17, 15) is 19.5 Å². The second kappa shape index (κ2) is 17.2. The van der Waals surface area contributed by atoms with Gasteiger partial charge in [-0.15, -0.1) is 11.3 Å². The SMILES string of the molecule is COc1cc(Nc2ncccc2/C=C/C(=O)N[C@H](C(=O)N2C[C@@H](O)C[C@H]2C(=O)NCc2ccc(-c3scnc3C)cc2)C(C)C)cc(OC)c1OC. The number of aromatic nitrogens is 2. The van der Waals surface area contributed by atoms with E-state index in [-0.39, 0.29) is 31.3 Å². The monoisotopic (exact) mass is 728 g/mol. The molecule has 0 bridgehead atoms. The number of carbonyl (C=O) groups excluding carboxylic acids is 3. The number of nitrogens with one attached hydrogen (secondary N) is 3. The van der Waals surface area contributed by atoms with Gasteiger partial charge in [0.05, 0.1) is 43.5 Å². The Bertz CT molecular complexity index is 1890. The smallest absolute Gasteiger partial charge is 0.246 e. The van der Waals surface area contributed by atoms with Crippen LogP contribution in [0.5, 0.6) is 17.2 Å². The Kier molecular flexibility index (Phi) is 12.5. The Morgan fingerprint density at radius 3 is 2.37 bits per heavy atom. The minimum absolute atomic E-state index is 0.0135. The molecule has 274 valence electrons. The summed E-state index contributed by atoms with van der Waals surface area (Å²) in [5.74, 6) is 0.201. The van der Waals surface area contributed by atoms with Crippen molar-refractivity contribution in [3.05, 3.63) is 83.1 Å². The molecule has 1 fully saturated rings. The second-order valence-electron chi connectivity index (χ2n) is 12.6. The van der Waals surface area contributed by atoms with Crippen LogP contribution >= 0.6 is 11.3 Å². The molecule has 4 aromatic rings. The van der Waals surface area contributed by atoms with Crippen LogP contribution in [0.1, 0.15) is 37.1 Å². The number of nitrogens with zero attached hydrogens (tertiary/aromatic N) is 3. The Morgan fingerprint density at radius 2 is 1.75 bits per heavy atom. The highest BCUT2D eigenvalue weighted by Crippen LogP contribution is 2.40. The number of amides is 3. The van der Waals surface area contributed by atoms with Crippen molar-refractivity contribution in [2.75, 3.05) is 33.2 Å². The molecule has 1 aliphatic rings. The number of aliphatic hydroxyl groups is 1. The Morgan fingerprint density at radius 1 is 1.04 bits per heavy atom. The third-order valence-electron chi connectivity index (χ3n) is 8.70. The summed E-state index contributed by atoms with van der Waals surface area (Å²) in [7, 11) is 4.57. The van der Waals surface area contributed by atoms with Gasteiger partial charge in [-0.25, -0.2) is 9.97 Å². The molecule has 3 atom stereocenters. The van der Waals surface area contributed by atoms with Crippen LogP contribution in [-0.2, 0) is 20.9 Å². The number of anilines is 2. The number of hydrogen-bond acceptors (Lipinski definition) is 11. The molecule has 0 spiro atoms. The summed E-state index contributed by atoms with van der Waals surface area (Å²) in [6, 6.07) is 13.0. The van der Waals surface area contributed by atoms with Crippen LogP contribution in [0, 0.1) is 12.8 Å². The van der Waals surface area contributed by atoms with E-state index in [0.29, 0.717) is 34.3 Å². The van der Waals surface area contributed by atoms with Gasteiger partial charge >= 0.3 is 0 Å². The number of carbonyl (C=O) groups is 3. The molecule has 0 aliphatic carbocycles. The van der Waals surface area contributed by atoms with Crippen molar-refractivity contribution >= 4 is 46.6 Å². The van der Waals surface area contributed by atoms with Crippen LogP contribution in [0.15, 0.2) is 66.3 Å². The third kappa shape index (κ3) is 8.87. The maximum Gasteiger partial charge on any atom is 0.246 e. The molecule has 3 amide bonds. The van der Waals surface area contributed by atoms with E-state index in [2.05, 4.69) is 25.9 Å². The van der Waals surface area contributed by atoms with Gasteiger partial charge in [-0.2, -0.15) is 0 Å². The first-order valence-electron chi connectivity index (χ1n) is 16.8. The predicted molar refractivity (Wildman–Crippen MR) is 200 cm³/mol. The topological polar surface area (TPSA) is 164 Å². The van der Waals surface area contributed by atoms with Gasteiger partial charge in [0, 0.05) is 55.2 Å². The van der Waals surface area contributed by atoms with Crippen LogP contribution in [0.4, 0.5) is 11.5 Å². The van der Waals surface area contributed by atoms with E-state index in [1.807, 2.05) is 50.5 Å². The number of likely N-dealkylation sites (tertiary alicyclic amines) is 1. The molecule has 1 saturated heterocycles. The summed E-state index contributed by atoms with van der Waals surface area (Å²) in [5, 5.41) is 19.5.